The lowest BCUT2D eigenvalue weighted by atomic mass is 10.1. The quantitative estimate of drug-likeness (QED) is 0.774. The summed E-state index contributed by atoms with van der Waals surface area (Å²) in [5.41, 5.74) is 2.17. The van der Waals surface area contributed by atoms with E-state index in [1.807, 2.05) is 36.4 Å². The van der Waals surface area contributed by atoms with Gasteiger partial charge >= 0.3 is 0 Å². The zero-order valence-corrected chi connectivity index (χ0v) is 13.3. The van der Waals surface area contributed by atoms with Gasteiger partial charge in [0.2, 0.25) is 0 Å². The Morgan fingerprint density at radius 3 is 2.62 bits per heavy atom. The number of carbonyl (C=O) groups excluding carboxylic acids is 1. The Morgan fingerprint density at radius 1 is 1.24 bits per heavy atom. The average molecular weight is 346 g/mol. The molecule has 0 spiro atoms. The van der Waals surface area contributed by atoms with Crippen LogP contribution in [0.5, 0.6) is 5.75 Å². The highest BCUT2D eigenvalue weighted by molar-refractivity contribution is 9.10. The van der Waals surface area contributed by atoms with Crippen LogP contribution >= 0.6 is 15.9 Å². The molecule has 0 aliphatic heterocycles. The van der Waals surface area contributed by atoms with Crippen LogP contribution in [0, 0.1) is 0 Å². The van der Waals surface area contributed by atoms with Crippen molar-refractivity contribution in [3.05, 3.63) is 70.8 Å². The van der Waals surface area contributed by atoms with Crippen molar-refractivity contribution in [2.24, 2.45) is 0 Å². The van der Waals surface area contributed by atoms with Gasteiger partial charge in [0.1, 0.15) is 5.75 Å². The van der Waals surface area contributed by atoms with Gasteiger partial charge < -0.3 is 10.1 Å². The van der Waals surface area contributed by atoms with E-state index in [1.54, 1.807) is 19.2 Å². The van der Waals surface area contributed by atoms with E-state index in [9.17, 15) is 4.79 Å². The molecule has 21 heavy (non-hydrogen) atoms. The molecule has 0 amide bonds. The normalized spacial score (nSPS) is 10.0. The minimum absolute atomic E-state index is 0.0305. The molecule has 0 atom stereocenters. The molecule has 0 aliphatic carbocycles. The average Bonchev–Trinajstić information content (AvgIpc) is 2.47. The topological polar surface area (TPSA) is 38.3 Å². The number of methoxy groups -OCH3 is 1. The summed E-state index contributed by atoms with van der Waals surface area (Å²) in [4.78, 5) is 12.1. The standard InChI is InChI=1S/C17H16BrNO2/c1-12(19-15-4-3-5-16(11-15)21-2)10-17(20)13-6-8-14(18)9-7-13/h3-9,11,19H,1,10H2,2H3. The molecule has 108 valence electrons. The summed E-state index contributed by atoms with van der Waals surface area (Å²) in [5, 5.41) is 3.12. The third kappa shape index (κ3) is 4.46. The summed E-state index contributed by atoms with van der Waals surface area (Å²) in [6.07, 6.45) is 0.249. The largest absolute Gasteiger partial charge is 0.497 e. The van der Waals surface area contributed by atoms with Crippen LogP contribution in [-0.2, 0) is 0 Å². The fraction of sp³-hybridized carbons (Fsp3) is 0.118. The van der Waals surface area contributed by atoms with E-state index in [1.165, 1.54) is 0 Å². The molecule has 2 rings (SSSR count). The molecular formula is C17H16BrNO2. The first kappa shape index (κ1) is 15.3. The maximum Gasteiger partial charge on any atom is 0.168 e. The predicted molar refractivity (Wildman–Crippen MR) is 88.8 cm³/mol. The molecule has 0 saturated carbocycles. The molecule has 0 aromatic heterocycles. The van der Waals surface area contributed by atoms with Gasteiger partial charge in [0, 0.05) is 27.5 Å². The molecule has 0 radical (unpaired) electrons. The second kappa shape index (κ2) is 7.09. The Morgan fingerprint density at radius 2 is 1.95 bits per heavy atom. The highest BCUT2D eigenvalue weighted by Gasteiger charge is 2.08. The van der Waals surface area contributed by atoms with Gasteiger partial charge in [-0.1, -0.05) is 40.7 Å². The lowest BCUT2D eigenvalue weighted by Crippen LogP contribution is -2.06. The van der Waals surface area contributed by atoms with E-state index < -0.39 is 0 Å². The van der Waals surface area contributed by atoms with Crippen molar-refractivity contribution < 1.29 is 9.53 Å². The molecule has 0 saturated heterocycles. The number of halogens is 1. The van der Waals surface area contributed by atoms with Gasteiger partial charge in [0.15, 0.2) is 5.78 Å². The summed E-state index contributed by atoms with van der Waals surface area (Å²) in [6, 6.07) is 14.8. The molecule has 4 heteroatoms. The number of anilines is 1. The third-order valence-corrected chi connectivity index (χ3v) is 3.46. The maximum atomic E-state index is 12.1. The second-order valence-corrected chi connectivity index (χ2v) is 5.48. The molecule has 0 unspecified atom stereocenters. The van der Waals surface area contributed by atoms with Crippen LogP contribution in [0.2, 0.25) is 0 Å². The van der Waals surface area contributed by atoms with Crippen LogP contribution < -0.4 is 10.1 Å². The fourth-order valence-corrected chi connectivity index (χ4v) is 2.15. The zero-order chi connectivity index (χ0) is 15.2. The lowest BCUT2D eigenvalue weighted by Gasteiger charge is -2.10. The Kier molecular flexibility index (Phi) is 5.17. The molecule has 0 fully saturated rings. The Bertz CT molecular complexity index is 650. The van der Waals surface area contributed by atoms with Gasteiger partial charge in [-0.2, -0.15) is 0 Å². The van der Waals surface area contributed by atoms with Crippen LogP contribution in [0.25, 0.3) is 0 Å². The molecule has 2 aromatic carbocycles. The van der Waals surface area contributed by atoms with Crippen LogP contribution in [0.3, 0.4) is 0 Å². The number of rotatable bonds is 6. The number of Topliss-reactive ketones (excluding diaryl/α,β-unsaturated/α-hetero) is 1. The van der Waals surface area contributed by atoms with E-state index in [2.05, 4.69) is 27.8 Å². The number of allylic oxidation sites excluding steroid dienone is 1. The van der Waals surface area contributed by atoms with E-state index in [4.69, 9.17) is 4.74 Å². The Balaban J connectivity index is 1.97. The molecule has 2 aromatic rings. The number of ketones is 1. The molecular weight excluding hydrogens is 330 g/mol. The fourth-order valence-electron chi connectivity index (χ4n) is 1.88. The van der Waals surface area contributed by atoms with Crippen molar-refractivity contribution in [2.45, 2.75) is 6.42 Å². The first-order valence-corrected chi connectivity index (χ1v) is 7.25. The minimum atomic E-state index is 0.0305. The predicted octanol–water partition coefficient (Wildman–Crippen LogP) is 4.66. The van der Waals surface area contributed by atoms with Gasteiger partial charge in [-0.25, -0.2) is 0 Å². The number of hydrogen-bond acceptors (Lipinski definition) is 3. The summed E-state index contributed by atoms with van der Waals surface area (Å²) >= 11 is 3.35. The van der Waals surface area contributed by atoms with Gasteiger partial charge in [0.05, 0.1) is 13.5 Å². The molecule has 0 aliphatic rings. The van der Waals surface area contributed by atoms with Gasteiger partial charge in [-0.05, 0) is 24.3 Å². The molecule has 0 bridgehead atoms. The number of carbonyl (C=O) groups is 1. The van der Waals surface area contributed by atoms with Crippen molar-refractivity contribution in [1.29, 1.82) is 0 Å². The second-order valence-electron chi connectivity index (χ2n) is 4.57. The van der Waals surface area contributed by atoms with Gasteiger partial charge in [0.25, 0.3) is 0 Å². The van der Waals surface area contributed by atoms with Gasteiger partial charge in [-0.3, -0.25) is 4.79 Å². The van der Waals surface area contributed by atoms with Crippen molar-refractivity contribution in [3.63, 3.8) is 0 Å². The van der Waals surface area contributed by atoms with Crippen molar-refractivity contribution in [3.8, 4) is 5.75 Å². The van der Waals surface area contributed by atoms with Crippen molar-refractivity contribution in [1.82, 2.24) is 0 Å². The van der Waals surface area contributed by atoms with Crippen molar-refractivity contribution >= 4 is 27.4 Å². The first-order valence-electron chi connectivity index (χ1n) is 6.46. The van der Waals surface area contributed by atoms with E-state index in [0.29, 0.717) is 11.3 Å². The van der Waals surface area contributed by atoms with Crippen LogP contribution in [0.1, 0.15) is 16.8 Å². The lowest BCUT2D eigenvalue weighted by molar-refractivity contribution is 0.0993. The number of nitrogens with one attached hydrogen (secondary N) is 1. The molecule has 1 N–H and O–H groups in total. The van der Waals surface area contributed by atoms with E-state index in [-0.39, 0.29) is 12.2 Å². The van der Waals surface area contributed by atoms with Crippen LogP contribution in [0.15, 0.2) is 65.3 Å². The smallest absolute Gasteiger partial charge is 0.168 e. The molecule has 0 heterocycles. The first-order chi connectivity index (χ1) is 10.1. The number of hydrogen-bond donors (Lipinski definition) is 1. The van der Waals surface area contributed by atoms with Gasteiger partial charge in [-0.15, -0.1) is 0 Å². The summed E-state index contributed by atoms with van der Waals surface area (Å²) in [7, 11) is 1.62. The number of ether oxygens (including phenoxy) is 1. The Hall–Kier alpha value is -2.07. The van der Waals surface area contributed by atoms with E-state index >= 15 is 0 Å². The third-order valence-electron chi connectivity index (χ3n) is 2.93. The van der Waals surface area contributed by atoms with Crippen LogP contribution in [-0.4, -0.2) is 12.9 Å². The van der Waals surface area contributed by atoms with Crippen LogP contribution in [0.4, 0.5) is 5.69 Å². The molecule has 3 nitrogen and oxygen atoms in total. The zero-order valence-electron chi connectivity index (χ0n) is 11.7. The highest BCUT2D eigenvalue weighted by Crippen LogP contribution is 2.19. The summed E-state index contributed by atoms with van der Waals surface area (Å²) in [5.74, 6) is 0.787. The summed E-state index contributed by atoms with van der Waals surface area (Å²) in [6.45, 7) is 3.91. The maximum absolute atomic E-state index is 12.1. The highest BCUT2D eigenvalue weighted by atomic mass is 79.9. The monoisotopic (exact) mass is 345 g/mol. The summed E-state index contributed by atoms with van der Waals surface area (Å²) < 4.78 is 6.11. The van der Waals surface area contributed by atoms with E-state index in [0.717, 1.165) is 15.9 Å². The Labute approximate surface area is 132 Å². The minimum Gasteiger partial charge on any atom is -0.497 e. The number of benzene rings is 2. The SMILES string of the molecule is C=C(CC(=O)c1ccc(Br)cc1)Nc1cccc(OC)c1. The van der Waals surface area contributed by atoms with Crippen molar-refractivity contribution in [2.75, 3.05) is 12.4 Å².